The highest BCUT2D eigenvalue weighted by atomic mass is 127. The fraction of sp³-hybridized carbons (Fsp3) is 0. The molecule has 1 aromatic heterocycles. The molecule has 0 bridgehead atoms. The van der Waals surface area contributed by atoms with Crippen molar-refractivity contribution >= 4 is 61.8 Å². The van der Waals surface area contributed by atoms with Crippen LogP contribution in [0, 0.1) is 3.57 Å². The van der Waals surface area contributed by atoms with Crippen molar-refractivity contribution in [2.75, 3.05) is 5.32 Å². The molecule has 0 unspecified atom stereocenters. The average Bonchev–Trinajstić information content (AvgIpc) is 2.35. The molecular formula is C11H6BrClIN3O. The molecule has 0 aliphatic rings. The lowest BCUT2D eigenvalue weighted by molar-refractivity contribution is 0.102. The Hall–Kier alpha value is -0.730. The molecule has 1 aromatic carbocycles. The number of hydrogen-bond acceptors (Lipinski definition) is 3. The highest BCUT2D eigenvalue weighted by molar-refractivity contribution is 14.1. The summed E-state index contributed by atoms with van der Waals surface area (Å²) in [5, 5.41) is 10.3. The molecule has 0 spiro atoms. The second-order valence-electron chi connectivity index (χ2n) is 3.32. The molecule has 0 aliphatic carbocycles. The van der Waals surface area contributed by atoms with Gasteiger partial charge in [-0.05, 0) is 68.9 Å². The maximum absolute atomic E-state index is 12.0. The van der Waals surface area contributed by atoms with Gasteiger partial charge >= 0.3 is 0 Å². The van der Waals surface area contributed by atoms with E-state index in [0.29, 0.717) is 11.4 Å². The van der Waals surface area contributed by atoms with Crippen molar-refractivity contribution < 1.29 is 4.79 Å². The summed E-state index contributed by atoms with van der Waals surface area (Å²) in [7, 11) is 0. The summed E-state index contributed by atoms with van der Waals surface area (Å²) in [6.07, 6.45) is 0. The van der Waals surface area contributed by atoms with Gasteiger partial charge in [0.1, 0.15) is 0 Å². The van der Waals surface area contributed by atoms with Gasteiger partial charge in [0.05, 0.1) is 5.56 Å². The summed E-state index contributed by atoms with van der Waals surface area (Å²) in [4.78, 5) is 12.0. The normalized spacial score (nSPS) is 10.2. The number of anilines is 1. The lowest BCUT2D eigenvalue weighted by atomic mass is 10.2. The van der Waals surface area contributed by atoms with Gasteiger partial charge < -0.3 is 5.32 Å². The maximum atomic E-state index is 12.0. The van der Waals surface area contributed by atoms with Crippen LogP contribution in [0.15, 0.2) is 34.8 Å². The van der Waals surface area contributed by atoms with Crippen molar-refractivity contribution in [1.29, 1.82) is 0 Å². The van der Waals surface area contributed by atoms with Crippen LogP contribution >= 0.6 is 50.1 Å². The van der Waals surface area contributed by atoms with E-state index in [1.807, 2.05) is 12.1 Å². The third kappa shape index (κ3) is 3.39. The Morgan fingerprint density at radius 1 is 1.28 bits per heavy atom. The fourth-order valence-corrected chi connectivity index (χ4v) is 2.26. The van der Waals surface area contributed by atoms with Crippen LogP contribution in [0.5, 0.6) is 0 Å². The number of amides is 1. The quantitative estimate of drug-likeness (QED) is 0.727. The highest BCUT2D eigenvalue weighted by Gasteiger charge is 2.11. The van der Waals surface area contributed by atoms with Crippen LogP contribution in [0.1, 0.15) is 10.4 Å². The van der Waals surface area contributed by atoms with Crippen molar-refractivity contribution in [1.82, 2.24) is 10.2 Å². The first-order valence-electron chi connectivity index (χ1n) is 4.82. The van der Waals surface area contributed by atoms with E-state index in [2.05, 4.69) is 54.0 Å². The molecule has 0 fully saturated rings. The maximum Gasteiger partial charge on any atom is 0.258 e. The molecule has 0 saturated heterocycles. The number of rotatable bonds is 2. The number of hydrogen-bond donors (Lipinski definition) is 1. The minimum Gasteiger partial charge on any atom is -0.305 e. The molecular weight excluding hydrogens is 432 g/mol. The second-order valence-corrected chi connectivity index (χ2v) is 5.81. The van der Waals surface area contributed by atoms with Gasteiger partial charge in [0.15, 0.2) is 11.0 Å². The zero-order chi connectivity index (χ0) is 13.1. The molecule has 1 amide bonds. The molecule has 0 aliphatic heterocycles. The van der Waals surface area contributed by atoms with Gasteiger partial charge in [-0.1, -0.05) is 11.6 Å². The number of aromatic nitrogens is 2. The molecule has 4 nitrogen and oxygen atoms in total. The highest BCUT2D eigenvalue weighted by Crippen LogP contribution is 2.20. The van der Waals surface area contributed by atoms with E-state index >= 15 is 0 Å². The molecule has 18 heavy (non-hydrogen) atoms. The lowest BCUT2D eigenvalue weighted by Crippen LogP contribution is -2.14. The van der Waals surface area contributed by atoms with Crippen molar-refractivity contribution in [3.05, 3.63) is 49.1 Å². The van der Waals surface area contributed by atoms with Gasteiger partial charge in [-0.25, -0.2) is 0 Å². The van der Waals surface area contributed by atoms with E-state index in [9.17, 15) is 4.79 Å². The average molecular weight is 438 g/mol. The van der Waals surface area contributed by atoms with Gasteiger partial charge in [-0.3, -0.25) is 4.79 Å². The van der Waals surface area contributed by atoms with Crippen LogP contribution in [-0.2, 0) is 0 Å². The Balaban J connectivity index is 2.21. The predicted octanol–water partition coefficient (Wildman–Crippen LogP) is 3.75. The molecule has 1 N–H and O–H groups in total. The van der Waals surface area contributed by atoms with Crippen LogP contribution in [0.2, 0.25) is 5.15 Å². The summed E-state index contributed by atoms with van der Waals surface area (Å²) in [6, 6.07) is 8.67. The van der Waals surface area contributed by atoms with E-state index < -0.39 is 0 Å². The van der Waals surface area contributed by atoms with Gasteiger partial charge in [0, 0.05) is 8.04 Å². The van der Waals surface area contributed by atoms with Crippen LogP contribution in [0.4, 0.5) is 5.82 Å². The topological polar surface area (TPSA) is 54.9 Å². The Labute approximate surface area is 130 Å². The number of carbonyl (C=O) groups is 1. The number of halogens is 3. The standard InChI is InChI=1S/C11H6BrClIN3O/c12-8-2-1-6(14)5-7(8)11(18)15-10-4-3-9(13)16-17-10/h1-5H,(H,15,17,18). The van der Waals surface area contributed by atoms with E-state index in [1.54, 1.807) is 18.2 Å². The van der Waals surface area contributed by atoms with Gasteiger partial charge in [-0.15, -0.1) is 10.2 Å². The van der Waals surface area contributed by atoms with Gasteiger partial charge in [0.25, 0.3) is 5.91 Å². The van der Waals surface area contributed by atoms with Crippen molar-refractivity contribution in [3.8, 4) is 0 Å². The molecule has 7 heteroatoms. The Kier molecular flexibility index (Phi) is 4.52. The first kappa shape index (κ1) is 13.7. The van der Waals surface area contributed by atoms with Crippen molar-refractivity contribution in [2.24, 2.45) is 0 Å². The Morgan fingerprint density at radius 3 is 2.72 bits per heavy atom. The summed E-state index contributed by atoms with van der Waals surface area (Å²) in [5.74, 6) is 0.104. The van der Waals surface area contributed by atoms with E-state index in [-0.39, 0.29) is 11.1 Å². The monoisotopic (exact) mass is 437 g/mol. The van der Waals surface area contributed by atoms with Gasteiger partial charge in [-0.2, -0.15) is 0 Å². The number of nitrogens with zero attached hydrogens (tertiary/aromatic N) is 2. The molecule has 0 radical (unpaired) electrons. The first-order chi connectivity index (χ1) is 8.56. The minimum atomic E-state index is -0.253. The Morgan fingerprint density at radius 2 is 2.06 bits per heavy atom. The van der Waals surface area contributed by atoms with E-state index in [0.717, 1.165) is 8.04 Å². The number of carbonyl (C=O) groups excluding carboxylic acids is 1. The summed E-state index contributed by atoms with van der Waals surface area (Å²) >= 11 is 11.1. The fourth-order valence-electron chi connectivity index (χ4n) is 1.24. The molecule has 2 rings (SSSR count). The SMILES string of the molecule is O=C(Nc1ccc(Cl)nn1)c1cc(I)ccc1Br. The summed E-state index contributed by atoms with van der Waals surface area (Å²) < 4.78 is 1.70. The van der Waals surface area contributed by atoms with Crippen LogP contribution < -0.4 is 5.32 Å². The van der Waals surface area contributed by atoms with Crippen LogP contribution in [-0.4, -0.2) is 16.1 Å². The van der Waals surface area contributed by atoms with Crippen molar-refractivity contribution in [3.63, 3.8) is 0 Å². The molecule has 2 aromatic rings. The third-order valence-corrected chi connectivity index (χ3v) is 3.61. The second kappa shape index (κ2) is 5.94. The predicted molar refractivity (Wildman–Crippen MR) is 81.9 cm³/mol. The molecule has 0 saturated carbocycles. The van der Waals surface area contributed by atoms with Crippen LogP contribution in [0.3, 0.4) is 0 Å². The minimum absolute atomic E-state index is 0.253. The first-order valence-corrected chi connectivity index (χ1v) is 7.07. The molecule has 1 heterocycles. The summed E-state index contributed by atoms with van der Waals surface area (Å²) in [5.41, 5.74) is 0.540. The largest absolute Gasteiger partial charge is 0.305 e. The zero-order valence-electron chi connectivity index (χ0n) is 8.82. The number of benzene rings is 1. The third-order valence-electron chi connectivity index (χ3n) is 2.05. The smallest absolute Gasteiger partial charge is 0.258 e. The van der Waals surface area contributed by atoms with E-state index in [4.69, 9.17) is 11.6 Å². The van der Waals surface area contributed by atoms with Crippen molar-refractivity contribution in [2.45, 2.75) is 0 Å². The Bertz CT molecular complexity index is 591. The summed E-state index contributed by atoms with van der Waals surface area (Å²) in [6.45, 7) is 0. The lowest BCUT2D eigenvalue weighted by Gasteiger charge is -2.06. The molecule has 92 valence electrons. The van der Waals surface area contributed by atoms with Gasteiger partial charge in [0.2, 0.25) is 0 Å². The van der Waals surface area contributed by atoms with E-state index in [1.165, 1.54) is 0 Å². The van der Waals surface area contributed by atoms with Crippen LogP contribution in [0.25, 0.3) is 0 Å². The zero-order valence-corrected chi connectivity index (χ0v) is 13.3. The molecule has 0 atom stereocenters. The number of nitrogens with one attached hydrogen (secondary N) is 1.